The molecule has 0 unspecified atom stereocenters. The van der Waals surface area contributed by atoms with Crippen LogP contribution in [-0.2, 0) is 20.9 Å². The van der Waals surface area contributed by atoms with Crippen LogP contribution in [0.25, 0.3) is 0 Å². The normalized spacial score (nSPS) is 14.2. The molecule has 0 bridgehead atoms. The van der Waals surface area contributed by atoms with Crippen molar-refractivity contribution in [3.8, 4) is 0 Å². The maximum Gasteiger partial charge on any atom is 0.324 e. The van der Waals surface area contributed by atoms with E-state index in [1.54, 1.807) is 4.68 Å². The monoisotopic (exact) mass is 294 g/mol. The number of urea groups is 1. The molecular weight excluding hydrogens is 276 g/mol. The van der Waals surface area contributed by atoms with Crippen LogP contribution in [-0.4, -0.2) is 52.3 Å². The number of ether oxygens (including phenoxy) is 1. The number of rotatable bonds is 5. The Morgan fingerprint density at radius 3 is 2.76 bits per heavy atom. The van der Waals surface area contributed by atoms with Gasteiger partial charge in [0.2, 0.25) is 0 Å². The molecule has 8 nitrogen and oxygen atoms in total. The van der Waals surface area contributed by atoms with Gasteiger partial charge in [0.1, 0.15) is 0 Å². The van der Waals surface area contributed by atoms with Crippen molar-refractivity contribution in [1.82, 2.24) is 20.0 Å². The van der Waals surface area contributed by atoms with Crippen LogP contribution in [0, 0.1) is 13.8 Å². The fourth-order valence-electron chi connectivity index (χ4n) is 2.10. The second-order valence-electron chi connectivity index (χ2n) is 4.84. The Labute approximate surface area is 122 Å². The summed E-state index contributed by atoms with van der Waals surface area (Å²) >= 11 is 0. The summed E-state index contributed by atoms with van der Waals surface area (Å²) in [5, 5.41) is 6.74. The van der Waals surface area contributed by atoms with Gasteiger partial charge in [-0.1, -0.05) is 0 Å². The van der Waals surface area contributed by atoms with E-state index < -0.39 is 24.5 Å². The van der Waals surface area contributed by atoms with Gasteiger partial charge in [0.05, 0.1) is 18.7 Å². The Hall–Kier alpha value is -2.38. The zero-order valence-corrected chi connectivity index (χ0v) is 12.1. The molecule has 1 aliphatic rings. The number of esters is 1. The minimum atomic E-state index is -0.510. The van der Waals surface area contributed by atoms with Crippen molar-refractivity contribution in [3.63, 3.8) is 0 Å². The van der Waals surface area contributed by atoms with Crippen LogP contribution in [0.2, 0.25) is 0 Å². The van der Waals surface area contributed by atoms with Crippen LogP contribution >= 0.6 is 0 Å². The fourth-order valence-corrected chi connectivity index (χ4v) is 2.10. The lowest BCUT2D eigenvalue weighted by Gasteiger charge is -2.12. The molecule has 2 heterocycles. The summed E-state index contributed by atoms with van der Waals surface area (Å²) in [5.74, 6) is -1.00. The van der Waals surface area contributed by atoms with Crippen molar-refractivity contribution >= 4 is 17.9 Å². The van der Waals surface area contributed by atoms with Crippen LogP contribution in [0.1, 0.15) is 17.8 Å². The van der Waals surface area contributed by atoms with Gasteiger partial charge in [-0.2, -0.15) is 5.10 Å². The Morgan fingerprint density at radius 1 is 1.43 bits per heavy atom. The molecule has 1 aliphatic heterocycles. The third-order valence-corrected chi connectivity index (χ3v) is 3.15. The van der Waals surface area contributed by atoms with Crippen molar-refractivity contribution in [2.75, 3.05) is 19.7 Å². The van der Waals surface area contributed by atoms with Gasteiger partial charge in [-0.3, -0.25) is 19.2 Å². The molecule has 1 fully saturated rings. The predicted octanol–water partition coefficient (Wildman–Crippen LogP) is -0.0150. The largest absolute Gasteiger partial charge is 0.455 e. The zero-order valence-electron chi connectivity index (χ0n) is 12.1. The molecule has 2 rings (SSSR count). The molecule has 0 aliphatic carbocycles. The molecule has 0 saturated carbocycles. The highest BCUT2D eigenvalue weighted by molar-refractivity contribution is 5.96. The quantitative estimate of drug-likeness (QED) is 0.771. The lowest BCUT2D eigenvalue weighted by atomic mass is 10.4. The van der Waals surface area contributed by atoms with Gasteiger partial charge < -0.3 is 10.1 Å². The number of aryl methyl sites for hydroxylation is 3. The SMILES string of the molecule is Cc1cc(C)n(CCC(=O)OCC(=O)N2CCNC2=O)n1. The molecule has 0 aromatic carbocycles. The van der Waals surface area contributed by atoms with E-state index in [1.165, 1.54) is 0 Å². The highest BCUT2D eigenvalue weighted by Gasteiger charge is 2.26. The van der Waals surface area contributed by atoms with Gasteiger partial charge in [0.25, 0.3) is 5.91 Å². The van der Waals surface area contributed by atoms with Gasteiger partial charge in [-0.25, -0.2) is 4.79 Å². The summed E-state index contributed by atoms with van der Waals surface area (Å²) in [5.41, 5.74) is 1.85. The Morgan fingerprint density at radius 2 is 2.19 bits per heavy atom. The summed E-state index contributed by atoms with van der Waals surface area (Å²) in [4.78, 5) is 35.6. The fraction of sp³-hybridized carbons (Fsp3) is 0.538. The average molecular weight is 294 g/mol. The van der Waals surface area contributed by atoms with Gasteiger partial charge >= 0.3 is 12.0 Å². The van der Waals surface area contributed by atoms with E-state index in [9.17, 15) is 14.4 Å². The maximum absolute atomic E-state index is 11.7. The molecule has 3 amide bonds. The summed E-state index contributed by atoms with van der Waals surface area (Å²) in [6, 6.07) is 1.47. The molecule has 1 N–H and O–H groups in total. The van der Waals surface area contributed by atoms with Crippen LogP contribution in [0.5, 0.6) is 0 Å². The van der Waals surface area contributed by atoms with Crippen molar-refractivity contribution in [2.24, 2.45) is 0 Å². The van der Waals surface area contributed by atoms with Crippen molar-refractivity contribution in [3.05, 3.63) is 17.5 Å². The number of nitrogens with zero attached hydrogens (tertiary/aromatic N) is 3. The lowest BCUT2D eigenvalue weighted by Crippen LogP contribution is -2.37. The molecule has 1 saturated heterocycles. The van der Waals surface area contributed by atoms with E-state index in [0.717, 1.165) is 16.3 Å². The molecule has 8 heteroatoms. The number of nitrogens with one attached hydrogen (secondary N) is 1. The first-order chi connectivity index (χ1) is 9.97. The van der Waals surface area contributed by atoms with Crippen LogP contribution in [0.4, 0.5) is 4.79 Å². The summed E-state index contributed by atoms with van der Waals surface area (Å²) in [6.07, 6.45) is 0.126. The Balaban J connectivity index is 1.73. The number of amides is 3. The topological polar surface area (TPSA) is 93.5 Å². The van der Waals surface area contributed by atoms with Gasteiger partial charge in [-0.15, -0.1) is 0 Å². The van der Waals surface area contributed by atoms with E-state index in [1.807, 2.05) is 19.9 Å². The standard InChI is InChI=1S/C13H18N4O4/c1-9-7-10(2)17(15-9)5-3-12(19)21-8-11(18)16-6-4-14-13(16)20/h7H,3-6,8H2,1-2H3,(H,14,20). The van der Waals surface area contributed by atoms with Crippen LogP contribution in [0.3, 0.4) is 0 Å². The van der Waals surface area contributed by atoms with E-state index >= 15 is 0 Å². The van der Waals surface area contributed by atoms with Gasteiger partial charge in [0, 0.05) is 18.8 Å². The molecule has 21 heavy (non-hydrogen) atoms. The molecule has 0 spiro atoms. The van der Waals surface area contributed by atoms with Crippen LogP contribution < -0.4 is 5.32 Å². The maximum atomic E-state index is 11.7. The smallest absolute Gasteiger partial charge is 0.324 e. The Bertz CT molecular complexity index is 567. The van der Waals surface area contributed by atoms with Crippen molar-refractivity contribution < 1.29 is 19.1 Å². The number of imide groups is 1. The number of hydrogen-bond donors (Lipinski definition) is 1. The molecule has 1 aromatic heterocycles. The highest BCUT2D eigenvalue weighted by atomic mass is 16.5. The third-order valence-electron chi connectivity index (χ3n) is 3.15. The Kier molecular flexibility index (Phi) is 4.56. The van der Waals surface area contributed by atoms with Gasteiger partial charge in [0.15, 0.2) is 6.61 Å². The van der Waals surface area contributed by atoms with E-state index in [4.69, 9.17) is 4.74 Å². The minimum absolute atomic E-state index is 0.126. The number of aromatic nitrogens is 2. The summed E-state index contributed by atoms with van der Waals surface area (Å²) < 4.78 is 6.60. The minimum Gasteiger partial charge on any atom is -0.455 e. The first-order valence-electron chi connectivity index (χ1n) is 6.72. The lowest BCUT2D eigenvalue weighted by molar-refractivity contribution is -0.150. The molecule has 1 aromatic rings. The average Bonchev–Trinajstić information content (AvgIpc) is 2.99. The zero-order chi connectivity index (χ0) is 15.4. The second kappa shape index (κ2) is 6.38. The predicted molar refractivity (Wildman–Crippen MR) is 72.4 cm³/mol. The summed E-state index contributed by atoms with van der Waals surface area (Å²) in [7, 11) is 0. The third kappa shape index (κ3) is 3.80. The molecule has 114 valence electrons. The van der Waals surface area contributed by atoms with Gasteiger partial charge in [-0.05, 0) is 19.9 Å². The number of carbonyl (C=O) groups excluding carboxylic acids is 3. The first kappa shape index (κ1) is 15.0. The van der Waals surface area contributed by atoms with E-state index in [-0.39, 0.29) is 6.42 Å². The van der Waals surface area contributed by atoms with Crippen molar-refractivity contribution in [2.45, 2.75) is 26.8 Å². The summed E-state index contributed by atoms with van der Waals surface area (Å²) in [6.45, 7) is 4.50. The van der Waals surface area contributed by atoms with Crippen LogP contribution in [0.15, 0.2) is 6.07 Å². The van der Waals surface area contributed by atoms with E-state index in [0.29, 0.717) is 19.6 Å². The highest BCUT2D eigenvalue weighted by Crippen LogP contribution is 2.04. The number of hydrogen-bond acceptors (Lipinski definition) is 5. The molecular formula is C13H18N4O4. The van der Waals surface area contributed by atoms with E-state index in [2.05, 4.69) is 10.4 Å². The van der Waals surface area contributed by atoms with Crippen molar-refractivity contribution in [1.29, 1.82) is 0 Å². The second-order valence-corrected chi connectivity index (χ2v) is 4.84. The molecule has 0 atom stereocenters. The number of carbonyl (C=O) groups is 3. The first-order valence-corrected chi connectivity index (χ1v) is 6.72. The molecule has 0 radical (unpaired) electrons.